The number of nitrogens with one attached hydrogen (secondary N) is 1. The van der Waals surface area contributed by atoms with Gasteiger partial charge in [0.15, 0.2) is 0 Å². The summed E-state index contributed by atoms with van der Waals surface area (Å²) in [7, 11) is -4.05. The van der Waals surface area contributed by atoms with E-state index in [1.807, 2.05) is 32.9 Å². The van der Waals surface area contributed by atoms with Crippen LogP contribution in [0.1, 0.15) is 40.8 Å². The minimum atomic E-state index is -4.77. The van der Waals surface area contributed by atoms with Gasteiger partial charge in [-0.1, -0.05) is 23.7 Å². The van der Waals surface area contributed by atoms with Gasteiger partial charge in [0, 0.05) is 0 Å². The third-order valence-corrected chi connectivity index (χ3v) is 6.43. The number of halogens is 4. The number of carbonyl (C=O) groups is 1. The van der Waals surface area contributed by atoms with Gasteiger partial charge in [0.2, 0.25) is 15.9 Å². The number of rotatable bonds is 6. The average Bonchev–Trinajstić information content (AvgIpc) is 2.61. The predicted octanol–water partition coefficient (Wildman–Crippen LogP) is 4.93. The predicted molar refractivity (Wildman–Crippen MR) is 116 cm³/mol. The Morgan fingerprint density at radius 2 is 1.68 bits per heavy atom. The Kier molecular flexibility index (Phi) is 7.32. The molecule has 0 saturated heterocycles. The molecule has 0 unspecified atom stereocenters. The van der Waals surface area contributed by atoms with Crippen LogP contribution >= 0.6 is 11.6 Å². The topological polar surface area (TPSA) is 66.5 Å². The summed E-state index contributed by atoms with van der Waals surface area (Å²) in [4.78, 5) is 12.6. The Labute approximate surface area is 185 Å². The van der Waals surface area contributed by atoms with Crippen molar-refractivity contribution in [1.82, 2.24) is 5.32 Å². The molecule has 1 N–H and O–H groups in total. The molecule has 10 heteroatoms. The SMILES string of the molecule is Cc1cc(C)c([C@H](C)NC(=O)CN(c2ccc(Cl)c(C(F)(F)F)c2)S(C)(=O)=O)cc1C. The quantitative estimate of drug-likeness (QED) is 0.643. The van der Waals surface area contributed by atoms with Crippen LogP contribution in [0.5, 0.6) is 0 Å². The summed E-state index contributed by atoms with van der Waals surface area (Å²) < 4.78 is 64.6. The number of carbonyl (C=O) groups excluding carboxylic acids is 1. The third kappa shape index (κ3) is 6.13. The first-order valence-electron chi connectivity index (χ1n) is 9.33. The molecule has 0 saturated carbocycles. The van der Waals surface area contributed by atoms with Gasteiger partial charge in [-0.3, -0.25) is 9.10 Å². The first-order valence-corrected chi connectivity index (χ1v) is 11.6. The van der Waals surface area contributed by atoms with E-state index in [9.17, 15) is 26.4 Å². The fraction of sp³-hybridized carbons (Fsp3) is 0.381. The number of amides is 1. The van der Waals surface area contributed by atoms with Gasteiger partial charge in [-0.05, 0) is 68.1 Å². The summed E-state index contributed by atoms with van der Waals surface area (Å²) >= 11 is 5.61. The second-order valence-corrected chi connectivity index (χ2v) is 9.83. The fourth-order valence-corrected chi connectivity index (χ4v) is 4.30. The Hall–Kier alpha value is -2.26. The molecule has 0 radical (unpaired) electrons. The molecule has 170 valence electrons. The summed E-state index contributed by atoms with van der Waals surface area (Å²) in [5, 5.41) is 2.16. The molecular weight excluding hydrogens is 453 g/mol. The van der Waals surface area contributed by atoms with Crippen molar-refractivity contribution in [3.05, 3.63) is 63.2 Å². The van der Waals surface area contributed by atoms with Crippen molar-refractivity contribution in [2.24, 2.45) is 0 Å². The van der Waals surface area contributed by atoms with Crippen LogP contribution < -0.4 is 9.62 Å². The lowest BCUT2D eigenvalue weighted by Gasteiger charge is -2.25. The molecule has 5 nitrogen and oxygen atoms in total. The molecule has 1 atom stereocenters. The standard InChI is InChI=1S/C21H24ClF3N2O3S/c1-12-8-14(3)17(9-13(12)2)15(4)26-20(28)11-27(31(5,29)30)16-6-7-19(22)18(10-16)21(23,24)25/h6-10,15H,11H2,1-5H3,(H,26,28)/t15-/m0/s1. The summed E-state index contributed by atoms with van der Waals surface area (Å²) in [5.41, 5.74) is 2.49. The van der Waals surface area contributed by atoms with Gasteiger partial charge in [0.25, 0.3) is 0 Å². The summed E-state index contributed by atoms with van der Waals surface area (Å²) in [5.74, 6) is -0.654. The van der Waals surface area contributed by atoms with E-state index in [2.05, 4.69) is 5.32 Å². The van der Waals surface area contributed by atoms with Gasteiger partial charge in [-0.15, -0.1) is 0 Å². The second-order valence-electron chi connectivity index (χ2n) is 7.51. The van der Waals surface area contributed by atoms with Gasteiger partial charge in [-0.25, -0.2) is 8.42 Å². The zero-order valence-corrected chi connectivity index (χ0v) is 19.3. The van der Waals surface area contributed by atoms with Crippen molar-refractivity contribution >= 4 is 33.2 Å². The van der Waals surface area contributed by atoms with Crippen molar-refractivity contribution in [1.29, 1.82) is 0 Å². The van der Waals surface area contributed by atoms with E-state index >= 15 is 0 Å². The van der Waals surface area contributed by atoms with Crippen molar-refractivity contribution in [3.63, 3.8) is 0 Å². The Bertz CT molecular complexity index is 1100. The van der Waals surface area contributed by atoms with E-state index in [1.165, 1.54) is 0 Å². The summed E-state index contributed by atoms with van der Waals surface area (Å²) in [6.07, 6.45) is -3.95. The maximum atomic E-state index is 13.2. The number of aryl methyl sites for hydroxylation is 3. The molecular formula is C21H24ClF3N2O3S. The van der Waals surface area contributed by atoms with Crippen LogP contribution in [0.25, 0.3) is 0 Å². The van der Waals surface area contributed by atoms with Crippen LogP contribution in [0, 0.1) is 20.8 Å². The van der Waals surface area contributed by atoms with Crippen LogP contribution in [0.4, 0.5) is 18.9 Å². The molecule has 0 aliphatic heterocycles. The lowest BCUT2D eigenvalue weighted by molar-refractivity contribution is -0.137. The van der Waals surface area contributed by atoms with Crippen molar-refractivity contribution < 1.29 is 26.4 Å². The number of alkyl halides is 3. The molecule has 2 aromatic rings. The highest BCUT2D eigenvalue weighted by Crippen LogP contribution is 2.37. The largest absolute Gasteiger partial charge is 0.417 e. The van der Waals surface area contributed by atoms with Gasteiger partial charge >= 0.3 is 6.18 Å². The third-order valence-electron chi connectivity index (χ3n) is 4.96. The van der Waals surface area contributed by atoms with Crippen LogP contribution in [-0.2, 0) is 21.0 Å². The molecule has 0 bridgehead atoms. The van der Waals surface area contributed by atoms with E-state index in [1.54, 1.807) is 6.92 Å². The molecule has 0 heterocycles. The highest BCUT2D eigenvalue weighted by Gasteiger charge is 2.34. The van der Waals surface area contributed by atoms with Crippen LogP contribution in [0.2, 0.25) is 5.02 Å². The molecule has 2 aromatic carbocycles. The molecule has 2 rings (SSSR count). The number of benzene rings is 2. The molecule has 0 fully saturated rings. The average molecular weight is 477 g/mol. The van der Waals surface area contributed by atoms with Crippen LogP contribution in [0.3, 0.4) is 0 Å². The maximum Gasteiger partial charge on any atom is 0.417 e. The molecule has 0 aliphatic rings. The first kappa shape index (κ1) is 25.0. The summed E-state index contributed by atoms with van der Waals surface area (Å²) in [6.45, 7) is 6.90. The summed E-state index contributed by atoms with van der Waals surface area (Å²) in [6, 6.07) is 6.21. The Balaban J connectivity index is 2.30. The van der Waals surface area contributed by atoms with Gasteiger partial charge in [0.05, 0.1) is 28.6 Å². The first-order chi connectivity index (χ1) is 14.1. The number of anilines is 1. The van der Waals surface area contributed by atoms with Crippen molar-refractivity contribution in [3.8, 4) is 0 Å². The maximum absolute atomic E-state index is 13.2. The molecule has 1 amide bonds. The molecule has 0 spiro atoms. The monoisotopic (exact) mass is 476 g/mol. The zero-order chi connectivity index (χ0) is 23.7. The minimum absolute atomic E-state index is 0.301. The lowest BCUT2D eigenvalue weighted by Crippen LogP contribution is -2.41. The van der Waals surface area contributed by atoms with E-state index in [-0.39, 0.29) is 5.69 Å². The molecule has 0 aromatic heterocycles. The van der Waals surface area contributed by atoms with Gasteiger partial charge in [-0.2, -0.15) is 13.2 Å². The number of nitrogens with zero attached hydrogens (tertiary/aromatic N) is 1. The van der Waals surface area contributed by atoms with Crippen molar-refractivity contribution in [2.45, 2.75) is 39.9 Å². The Morgan fingerprint density at radius 3 is 2.23 bits per heavy atom. The molecule has 31 heavy (non-hydrogen) atoms. The number of hydrogen-bond acceptors (Lipinski definition) is 3. The highest BCUT2D eigenvalue weighted by atomic mass is 35.5. The van der Waals surface area contributed by atoms with E-state index in [4.69, 9.17) is 11.6 Å². The van der Waals surface area contributed by atoms with Crippen molar-refractivity contribution in [2.75, 3.05) is 17.1 Å². The Morgan fingerprint density at radius 1 is 1.10 bits per heavy atom. The van der Waals surface area contributed by atoms with Crippen LogP contribution in [0.15, 0.2) is 30.3 Å². The van der Waals surface area contributed by atoms with E-state index in [0.29, 0.717) is 10.4 Å². The fourth-order valence-electron chi connectivity index (χ4n) is 3.23. The zero-order valence-electron chi connectivity index (χ0n) is 17.8. The van der Waals surface area contributed by atoms with E-state index in [0.717, 1.165) is 40.6 Å². The second kappa shape index (κ2) is 9.08. The van der Waals surface area contributed by atoms with Gasteiger partial charge < -0.3 is 5.32 Å². The number of sulfonamides is 1. The van der Waals surface area contributed by atoms with Gasteiger partial charge in [0.1, 0.15) is 6.54 Å². The molecule has 0 aliphatic carbocycles. The minimum Gasteiger partial charge on any atom is -0.348 e. The highest BCUT2D eigenvalue weighted by molar-refractivity contribution is 7.92. The smallest absolute Gasteiger partial charge is 0.348 e. The van der Waals surface area contributed by atoms with Crippen LogP contribution in [-0.4, -0.2) is 27.1 Å². The normalized spacial score (nSPS) is 13.1. The number of hydrogen-bond donors (Lipinski definition) is 1. The van der Waals surface area contributed by atoms with E-state index < -0.39 is 45.3 Å². The lowest BCUT2D eigenvalue weighted by atomic mass is 9.96.